The summed E-state index contributed by atoms with van der Waals surface area (Å²) in [5.74, 6) is -0.989. The number of carbonyl (C=O) groups excluding carboxylic acids is 3. The molecular weight excluding hydrogens is 493 g/mol. The number of hydrogen-bond acceptors (Lipinski definition) is 7. The lowest BCUT2D eigenvalue weighted by Crippen LogP contribution is -2.52. The van der Waals surface area contributed by atoms with Crippen molar-refractivity contribution in [2.45, 2.75) is 88.9 Å². The minimum absolute atomic E-state index is 0.0396. The summed E-state index contributed by atoms with van der Waals surface area (Å²) in [6.45, 7) is 1.41. The molecule has 1 aromatic carbocycles. The van der Waals surface area contributed by atoms with Crippen LogP contribution in [0.15, 0.2) is 12.1 Å². The number of carbonyl (C=O) groups is 3. The van der Waals surface area contributed by atoms with E-state index in [2.05, 4.69) is 5.32 Å². The van der Waals surface area contributed by atoms with Gasteiger partial charge < -0.3 is 24.0 Å². The van der Waals surface area contributed by atoms with Crippen LogP contribution < -0.4 is 10.2 Å². The van der Waals surface area contributed by atoms with Gasteiger partial charge in [-0.1, -0.05) is 0 Å². The van der Waals surface area contributed by atoms with E-state index in [0.29, 0.717) is 35.8 Å². The van der Waals surface area contributed by atoms with Gasteiger partial charge in [-0.05, 0) is 63.0 Å². The molecule has 1 atom stereocenters. The number of halogens is 1. The first-order valence-electron chi connectivity index (χ1n) is 13.8. The lowest BCUT2D eigenvalue weighted by Gasteiger charge is -2.37. The number of hydrogen-bond donors (Lipinski definition) is 1. The molecule has 0 aromatic heterocycles. The van der Waals surface area contributed by atoms with Crippen molar-refractivity contribution in [3.8, 4) is 0 Å². The van der Waals surface area contributed by atoms with Gasteiger partial charge in [0.05, 0.1) is 24.4 Å². The molecule has 0 spiro atoms. The summed E-state index contributed by atoms with van der Waals surface area (Å²) in [7, 11) is 3.36. The van der Waals surface area contributed by atoms with Crippen molar-refractivity contribution < 1.29 is 33.0 Å². The summed E-state index contributed by atoms with van der Waals surface area (Å²) in [5, 5.41) is 2.28. The van der Waals surface area contributed by atoms with Crippen molar-refractivity contribution in [3.05, 3.63) is 29.1 Å². The van der Waals surface area contributed by atoms with E-state index in [1.54, 1.807) is 26.4 Å². The third-order valence-electron chi connectivity index (χ3n) is 8.64. The van der Waals surface area contributed by atoms with Gasteiger partial charge in [-0.25, -0.2) is 4.39 Å². The number of piperidine rings is 2. The molecule has 2 saturated heterocycles. The maximum Gasteiger partial charge on any atom is 0.255 e. The van der Waals surface area contributed by atoms with Crippen LogP contribution in [-0.2, 0) is 30.3 Å². The fourth-order valence-electron chi connectivity index (χ4n) is 6.41. The topological polar surface area (TPSA) is 97.4 Å². The molecule has 1 aromatic rings. The molecule has 3 amide bonds. The standard InChI is InChI=1S/C28H38FN3O6/c1-36-25(37-2)15-17-3-5-18(6-4-17)38-19-11-13-31(14-12-19)22-8-7-20-21(26(22)29)16-32(28(20)35)23-9-10-24(33)30-27(23)34/h7-8,17-19,23,25H,3-6,9-16H2,1-2H3,(H,30,33,34). The molecule has 3 aliphatic heterocycles. The van der Waals surface area contributed by atoms with Gasteiger partial charge in [0.15, 0.2) is 12.1 Å². The fourth-order valence-corrected chi connectivity index (χ4v) is 6.41. The number of nitrogens with one attached hydrogen (secondary N) is 1. The maximum absolute atomic E-state index is 15.7. The van der Waals surface area contributed by atoms with E-state index in [9.17, 15) is 14.4 Å². The molecule has 1 aliphatic carbocycles. The van der Waals surface area contributed by atoms with Crippen molar-refractivity contribution in [1.29, 1.82) is 0 Å². The maximum atomic E-state index is 15.7. The Morgan fingerprint density at radius 1 is 0.974 bits per heavy atom. The van der Waals surface area contributed by atoms with Crippen LogP contribution in [0.25, 0.3) is 0 Å². The molecule has 38 heavy (non-hydrogen) atoms. The molecule has 5 rings (SSSR count). The van der Waals surface area contributed by atoms with Crippen LogP contribution in [0.2, 0.25) is 0 Å². The van der Waals surface area contributed by atoms with Crippen LogP contribution in [0.4, 0.5) is 10.1 Å². The monoisotopic (exact) mass is 531 g/mol. The van der Waals surface area contributed by atoms with Gasteiger partial charge >= 0.3 is 0 Å². The zero-order chi connectivity index (χ0) is 26.8. The second-order valence-electron chi connectivity index (χ2n) is 10.9. The Morgan fingerprint density at radius 2 is 1.66 bits per heavy atom. The predicted molar refractivity (Wildman–Crippen MR) is 137 cm³/mol. The van der Waals surface area contributed by atoms with Crippen molar-refractivity contribution in [3.63, 3.8) is 0 Å². The van der Waals surface area contributed by atoms with Gasteiger partial charge in [-0.2, -0.15) is 0 Å². The molecule has 0 radical (unpaired) electrons. The number of benzene rings is 1. The second-order valence-corrected chi connectivity index (χ2v) is 10.9. The molecule has 9 nitrogen and oxygen atoms in total. The van der Waals surface area contributed by atoms with Gasteiger partial charge in [0.2, 0.25) is 11.8 Å². The largest absolute Gasteiger partial charge is 0.375 e. The van der Waals surface area contributed by atoms with E-state index in [-0.39, 0.29) is 49.7 Å². The van der Waals surface area contributed by atoms with E-state index >= 15 is 4.39 Å². The first-order valence-corrected chi connectivity index (χ1v) is 13.8. The Labute approximate surface area is 222 Å². The van der Waals surface area contributed by atoms with Gasteiger partial charge in [0.1, 0.15) is 6.04 Å². The van der Waals surface area contributed by atoms with Crippen molar-refractivity contribution in [2.24, 2.45) is 5.92 Å². The van der Waals surface area contributed by atoms with Gasteiger partial charge in [-0.15, -0.1) is 0 Å². The van der Waals surface area contributed by atoms with Crippen molar-refractivity contribution >= 4 is 23.4 Å². The number of ether oxygens (including phenoxy) is 3. The zero-order valence-corrected chi connectivity index (χ0v) is 22.2. The first kappa shape index (κ1) is 27.0. The number of nitrogens with zero attached hydrogens (tertiary/aromatic N) is 2. The summed E-state index contributed by atoms with van der Waals surface area (Å²) in [6.07, 6.45) is 7.61. The highest BCUT2D eigenvalue weighted by molar-refractivity contribution is 6.05. The van der Waals surface area contributed by atoms with E-state index in [1.807, 2.05) is 4.90 Å². The fraction of sp³-hybridized carbons (Fsp3) is 0.679. The van der Waals surface area contributed by atoms with Crippen molar-refractivity contribution in [1.82, 2.24) is 10.2 Å². The van der Waals surface area contributed by atoms with Crippen LogP contribution in [0.3, 0.4) is 0 Å². The highest BCUT2D eigenvalue weighted by Crippen LogP contribution is 2.36. The zero-order valence-electron chi connectivity index (χ0n) is 22.2. The first-order chi connectivity index (χ1) is 18.4. The lowest BCUT2D eigenvalue weighted by atomic mass is 9.85. The van der Waals surface area contributed by atoms with E-state index in [0.717, 1.165) is 44.9 Å². The highest BCUT2D eigenvalue weighted by Gasteiger charge is 2.41. The van der Waals surface area contributed by atoms with Crippen LogP contribution in [0.5, 0.6) is 0 Å². The second kappa shape index (κ2) is 11.7. The normalized spacial score (nSPS) is 26.7. The molecule has 1 unspecified atom stereocenters. The average Bonchev–Trinajstić information content (AvgIpc) is 3.26. The number of amides is 3. The SMILES string of the molecule is COC(CC1CCC(OC2CCN(c3ccc4c(c3F)CN(C3CCC(=O)NC3=O)C4=O)CC2)CC1)OC. The predicted octanol–water partition coefficient (Wildman–Crippen LogP) is 3.14. The Balaban J connectivity index is 1.13. The van der Waals surface area contributed by atoms with Crippen LogP contribution in [0.1, 0.15) is 73.7 Å². The van der Waals surface area contributed by atoms with E-state index in [4.69, 9.17) is 14.2 Å². The summed E-state index contributed by atoms with van der Waals surface area (Å²) in [5.41, 5.74) is 1.12. The summed E-state index contributed by atoms with van der Waals surface area (Å²) >= 11 is 0. The van der Waals surface area contributed by atoms with Gasteiger partial charge in [0, 0.05) is 51.3 Å². The molecule has 10 heteroatoms. The summed E-state index contributed by atoms with van der Waals surface area (Å²) < 4.78 is 32.8. The highest BCUT2D eigenvalue weighted by atomic mass is 19.1. The smallest absolute Gasteiger partial charge is 0.255 e. The molecule has 3 fully saturated rings. The molecule has 3 heterocycles. The third-order valence-corrected chi connectivity index (χ3v) is 8.64. The van der Waals surface area contributed by atoms with Gasteiger partial charge in [0.25, 0.3) is 5.91 Å². The number of fused-ring (bicyclic) bond motifs is 1. The van der Waals surface area contributed by atoms with E-state index in [1.165, 1.54) is 4.90 Å². The molecular formula is C28H38FN3O6. The molecule has 4 aliphatic rings. The summed E-state index contributed by atoms with van der Waals surface area (Å²) in [6, 6.07) is 2.59. The molecule has 0 bridgehead atoms. The number of imide groups is 1. The molecule has 1 saturated carbocycles. The average molecular weight is 532 g/mol. The Morgan fingerprint density at radius 3 is 2.32 bits per heavy atom. The number of anilines is 1. The van der Waals surface area contributed by atoms with E-state index < -0.39 is 17.8 Å². The van der Waals surface area contributed by atoms with Crippen LogP contribution in [0, 0.1) is 11.7 Å². The Bertz CT molecular complexity index is 1050. The molecule has 1 N–H and O–H groups in total. The lowest BCUT2D eigenvalue weighted by molar-refractivity contribution is -0.136. The van der Waals surface area contributed by atoms with Crippen molar-refractivity contribution in [2.75, 3.05) is 32.2 Å². The minimum Gasteiger partial charge on any atom is -0.375 e. The van der Waals surface area contributed by atoms with Gasteiger partial charge in [-0.3, -0.25) is 19.7 Å². The Kier molecular flexibility index (Phi) is 8.30. The number of methoxy groups -OCH3 is 2. The third kappa shape index (κ3) is 5.58. The van der Waals surface area contributed by atoms with Crippen LogP contribution in [-0.4, -0.2) is 74.5 Å². The van der Waals surface area contributed by atoms with Crippen LogP contribution >= 0.6 is 0 Å². The number of rotatable bonds is 8. The quantitative estimate of drug-likeness (QED) is 0.407. The Hall–Kier alpha value is -2.56. The summed E-state index contributed by atoms with van der Waals surface area (Å²) in [4.78, 5) is 40.2. The minimum atomic E-state index is -0.750. The molecule has 208 valence electrons.